The van der Waals surface area contributed by atoms with Gasteiger partial charge in [-0.2, -0.15) is 18.3 Å². The molecule has 0 aliphatic carbocycles. The molecular weight excluding hydrogens is 401 g/mol. The van der Waals surface area contributed by atoms with E-state index in [0.29, 0.717) is 11.3 Å². The molecule has 1 aromatic carbocycles. The zero-order chi connectivity index (χ0) is 20.6. The molecule has 5 nitrogen and oxygen atoms in total. The van der Waals surface area contributed by atoms with E-state index in [-0.39, 0.29) is 12.2 Å². The molecule has 1 N–H and O–H groups in total. The van der Waals surface area contributed by atoms with Gasteiger partial charge >= 0.3 is 6.18 Å². The van der Waals surface area contributed by atoms with E-state index in [4.69, 9.17) is 0 Å². The number of thiophene rings is 1. The van der Waals surface area contributed by atoms with Gasteiger partial charge in [-0.3, -0.25) is 4.79 Å². The lowest BCUT2D eigenvalue weighted by molar-refractivity contribution is -0.137. The van der Waals surface area contributed by atoms with Gasteiger partial charge in [-0.25, -0.2) is 9.67 Å². The van der Waals surface area contributed by atoms with Crippen LogP contribution in [0.5, 0.6) is 0 Å². The number of hydrogen-bond acceptors (Lipinski definition) is 4. The van der Waals surface area contributed by atoms with Crippen LogP contribution in [0.25, 0.3) is 21.5 Å². The van der Waals surface area contributed by atoms with Gasteiger partial charge in [-0.1, -0.05) is 18.2 Å². The topological polar surface area (TPSA) is 59.8 Å². The first-order valence-electron chi connectivity index (χ1n) is 8.66. The summed E-state index contributed by atoms with van der Waals surface area (Å²) in [4.78, 5) is 17.8. The molecule has 0 aliphatic rings. The van der Waals surface area contributed by atoms with Gasteiger partial charge in [0.25, 0.3) is 0 Å². The van der Waals surface area contributed by atoms with Crippen LogP contribution >= 0.6 is 11.3 Å². The van der Waals surface area contributed by atoms with Gasteiger partial charge < -0.3 is 5.32 Å². The number of para-hydroxylation sites is 1. The number of rotatable bonds is 4. The number of amides is 1. The fourth-order valence-electron chi connectivity index (χ4n) is 3.19. The summed E-state index contributed by atoms with van der Waals surface area (Å²) < 4.78 is 40.8. The van der Waals surface area contributed by atoms with E-state index >= 15 is 0 Å². The van der Waals surface area contributed by atoms with Crippen molar-refractivity contribution in [3.63, 3.8) is 0 Å². The van der Waals surface area contributed by atoms with Crippen molar-refractivity contribution in [1.29, 1.82) is 0 Å². The first-order valence-corrected chi connectivity index (χ1v) is 9.54. The first-order chi connectivity index (χ1) is 13.8. The zero-order valence-electron chi connectivity index (χ0n) is 15.2. The van der Waals surface area contributed by atoms with Crippen LogP contribution in [-0.2, 0) is 17.5 Å². The van der Waals surface area contributed by atoms with Gasteiger partial charge in [-0.15, -0.1) is 11.3 Å². The van der Waals surface area contributed by atoms with Crippen molar-refractivity contribution >= 4 is 34.0 Å². The van der Waals surface area contributed by atoms with Gasteiger partial charge in [-0.05, 0) is 36.6 Å². The third-order valence-electron chi connectivity index (χ3n) is 4.39. The van der Waals surface area contributed by atoms with Crippen LogP contribution in [0.2, 0.25) is 0 Å². The molecule has 0 fully saturated rings. The number of hydrogen-bond donors (Lipinski definition) is 1. The molecule has 29 heavy (non-hydrogen) atoms. The molecule has 148 valence electrons. The summed E-state index contributed by atoms with van der Waals surface area (Å²) in [6.07, 6.45) is -2.93. The van der Waals surface area contributed by atoms with E-state index in [1.54, 1.807) is 17.5 Å². The Morgan fingerprint density at radius 1 is 1.17 bits per heavy atom. The van der Waals surface area contributed by atoms with Crippen molar-refractivity contribution in [2.75, 3.05) is 5.32 Å². The molecule has 0 saturated heterocycles. The van der Waals surface area contributed by atoms with E-state index in [1.165, 1.54) is 22.9 Å². The second-order valence-corrected chi connectivity index (χ2v) is 7.32. The van der Waals surface area contributed by atoms with Crippen LogP contribution in [0.4, 0.5) is 18.9 Å². The fourth-order valence-corrected chi connectivity index (χ4v) is 3.95. The summed E-state index contributed by atoms with van der Waals surface area (Å²) in [6, 6.07) is 10.7. The minimum absolute atomic E-state index is 0.253. The highest BCUT2D eigenvalue weighted by atomic mass is 32.1. The van der Waals surface area contributed by atoms with E-state index in [1.807, 2.05) is 30.5 Å². The number of carbonyl (C=O) groups excluding carboxylic acids is 1. The summed E-state index contributed by atoms with van der Waals surface area (Å²) in [5, 5.41) is 9.51. The molecule has 4 rings (SSSR count). The number of aryl methyl sites for hydroxylation is 1. The van der Waals surface area contributed by atoms with E-state index in [0.717, 1.165) is 21.9 Å². The largest absolute Gasteiger partial charge is 0.418 e. The number of nitrogens with one attached hydrogen (secondary N) is 1. The number of benzene rings is 1. The molecule has 3 aromatic heterocycles. The van der Waals surface area contributed by atoms with Gasteiger partial charge in [0.2, 0.25) is 5.91 Å². The van der Waals surface area contributed by atoms with E-state index in [9.17, 15) is 18.0 Å². The number of halogens is 3. The lowest BCUT2D eigenvalue weighted by Gasteiger charge is -2.13. The maximum atomic E-state index is 13.1. The molecule has 0 spiro atoms. The Kier molecular flexibility index (Phi) is 4.83. The Bertz CT molecular complexity index is 1180. The van der Waals surface area contributed by atoms with Crippen molar-refractivity contribution in [3.05, 3.63) is 65.3 Å². The Balaban J connectivity index is 1.64. The lowest BCUT2D eigenvalue weighted by atomic mass is 10.1. The number of anilines is 1. The molecular formula is C20H15F3N4OS. The SMILES string of the molecule is Cc1nn(CC(=O)Nc2ccccc2C(F)(F)F)c2nccc(-c3cccs3)c12. The number of aromatic nitrogens is 3. The maximum Gasteiger partial charge on any atom is 0.418 e. The van der Waals surface area contributed by atoms with Gasteiger partial charge in [0, 0.05) is 16.6 Å². The fraction of sp³-hybridized carbons (Fsp3) is 0.150. The molecule has 0 unspecified atom stereocenters. The molecule has 0 bridgehead atoms. The summed E-state index contributed by atoms with van der Waals surface area (Å²) >= 11 is 1.58. The number of alkyl halides is 3. The lowest BCUT2D eigenvalue weighted by Crippen LogP contribution is -2.22. The Morgan fingerprint density at radius 2 is 1.97 bits per heavy atom. The second kappa shape index (κ2) is 7.32. The average molecular weight is 416 g/mol. The molecule has 0 aliphatic heterocycles. The van der Waals surface area contributed by atoms with Crippen molar-refractivity contribution in [2.24, 2.45) is 0 Å². The third kappa shape index (κ3) is 3.73. The summed E-state index contributed by atoms with van der Waals surface area (Å²) in [5.41, 5.74) is 0.975. The summed E-state index contributed by atoms with van der Waals surface area (Å²) in [5.74, 6) is -0.616. The van der Waals surface area contributed by atoms with Crippen LogP contribution in [0, 0.1) is 6.92 Å². The van der Waals surface area contributed by atoms with Crippen molar-refractivity contribution in [2.45, 2.75) is 19.6 Å². The summed E-state index contributed by atoms with van der Waals surface area (Å²) in [7, 11) is 0. The minimum Gasteiger partial charge on any atom is -0.324 e. The molecule has 4 aromatic rings. The van der Waals surface area contributed by atoms with E-state index in [2.05, 4.69) is 15.4 Å². The zero-order valence-corrected chi connectivity index (χ0v) is 16.0. The number of carbonyl (C=O) groups is 1. The smallest absolute Gasteiger partial charge is 0.324 e. The number of pyridine rings is 1. The number of nitrogens with zero attached hydrogens (tertiary/aromatic N) is 3. The van der Waals surface area contributed by atoms with Crippen LogP contribution in [-0.4, -0.2) is 20.7 Å². The maximum absolute atomic E-state index is 13.1. The minimum atomic E-state index is -4.56. The second-order valence-electron chi connectivity index (χ2n) is 6.37. The molecule has 0 saturated carbocycles. The highest BCUT2D eigenvalue weighted by molar-refractivity contribution is 7.13. The highest BCUT2D eigenvalue weighted by Gasteiger charge is 2.33. The van der Waals surface area contributed by atoms with Gasteiger partial charge in [0.15, 0.2) is 5.65 Å². The van der Waals surface area contributed by atoms with Crippen LogP contribution < -0.4 is 5.32 Å². The average Bonchev–Trinajstić information content (AvgIpc) is 3.30. The van der Waals surface area contributed by atoms with Crippen molar-refractivity contribution in [3.8, 4) is 10.4 Å². The predicted molar refractivity (Wildman–Crippen MR) is 106 cm³/mol. The Labute approximate surface area is 167 Å². The van der Waals surface area contributed by atoms with Crippen molar-refractivity contribution in [1.82, 2.24) is 14.8 Å². The monoisotopic (exact) mass is 416 g/mol. The van der Waals surface area contributed by atoms with Crippen LogP contribution in [0.1, 0.15) is 11.3 Å². The molecule has 1 amide bonds. The van der Waals surface area contributed by atoms with Gasteiger partial charge in [0.05, 0.1) is 22.3 Å². The standard InChI is InChI=1S/C20H15F3N4OS/c1-12-18-13(16-7-4-10-29-16)8-9-24-19(18)27(26-12)11-17(28)25-15-6-3-2-5-14(15)20(21,22)23/h2-10H,11H2,1H3,(H,25,28). The van der Waals surface area contributed by atoms with Crippen LogP contribution in [0.3, 0.4) is 0 Å². The Morgan fingerprint density at radius 3 is 2.69 bits per heavy atom. The predicted octanol–water partition coefficient (Wildman–Crippen LogP) is 5.13. The highest BCUT2D eigenvalue weighted by Crippen LogP contribution is 2.35. The first kappa shape index (κ1) is 19.1. The summed E-state index contributed by atoms with van der Waals surface area (Å²) in [6.45, 7) is 1.56. The van der Waals surface area contributed by atoms with Crippen molar-refractivity contribution < 1.29 is 18.0 Å². The normalized spacial score (nSPS) is 11.7. The molecule has 0 atom stereocenters. The molecule has 0 radical (unpaired) electrons. The molecule has 9 heteroatoms. The van der Waals surface area contributed by atoms with Gasteiger partial charge in [0.1, 0.15) is 6.54 Å². The van der Waals surface area contributed by atoms with E-state index < -0.39 is 17.6 Å². The number of fused-ring (bicyclic) bond motifs is 1. The Hall–Kier alpha value is -3.20. The van der Waals surface area contributed by atoms with Crippen LogP contribution in [0.15, 0.2) is 54.0 Å². The molecule has 3 heterocycles. The quantitative estimate of drug-likeness (QED) is 0.502. The third-order valence-corrected chi connectivity index (χ3v) is 5.30.